The lowest BCUT2D eigenvalue weighted by atomic mass is 10.2. The van der Waals surface area contributed by atoms with E-state index in [4.69, 9.17) is 16.9 Å². The van der Waals surface area contributed by atoms with Crippen LogP contribution in [0.3, 0.4) is 0 Å². The first kappa shape index (κ1) is 9.97. The van der Waals surface area contributed by atoms with Crippen LogP contribution in [0, 0.1) is 11.3 Å². The van der Waals surface area contributed by atoms with Crippen molar-refractivity contribution >= 4 is 49.0 Å². The number of alkyl halides is 1. The minimum atomic E-state index is 0.481. The van der Waals surface area contributed by atoms with Crippen molar-refractivity contribution < 1.29 is 0 Å². The zero-order valence-electron chi connectivity index (χ0n) is 7.05. The molecule has 0 aliphatic rings. The molecule has 1 aromatic carbocycles. The zero-order chi connectivity index (χ0) is 10.1. The Morgan fingerprint density at radius 1 is 1.50 bits per heavy atom. The molecule has 0 saturated carbocycles. The molecule has 0 spiro atoms. The average molecular weight is 287 g/mol. The minimum absolute atomic E-state index is 0.481. The van der Waals surface area contributed by atoms with Gasteiger partial charge in [-0.05, 0) is 21.5 Å². The lowest BCUT2D eigenvalue weighted by molar-refractivity contribution is 1.47. The number of nitriles is 1. The van der Waals surface area contributed by atoms with Crippen molar-refractivity contribution in [2.45, 2.75) is 5.88 Å². The van der Waals surface area contributed by atoms with Crippen molar-refractivity contribution in [3.63, 3.8) is 0 Å². The molecule has 1 aromatic heterocycles. The number of rotatable bonds is 1. The van der Waals surface area contributed by atoms with E-state index in [1.165, 1.54) is 11.3 Å². The van der Waals surface area contributed by atoms with E-state index in [-0.39, 0.29) is 0 Å². The molecule has 14 heavy (non-hydrogen) atoms. The molecule has 0 fully saturated rings. The van der Waals surface area contributed by atoms with Crippen molar-refractivity contribution in [2.24, 2.45) is 0 Å². The van der Waals surface area contributed by atoms with Gasteiger partial charge in [-0.1, -0.05) is 18.2 Å². The van der Waals surface area contributed by atoms with Gasteiger partial charge in [-0.15, -0.1) is 22.9 Å². The summed E-state index contributed by atoms with van der Waals surface area (Å²) in [5.74, 6) is 0.481. The summed E-state index contributed by atoms with van der Waals surface area (Å²) in [5, 5.41) is 9.95. The van der Waals surface area contributed by atoms with Crippen molar-refractivity contribution in [3.8, 4) is 6.07 Å². The average Bonchev–Trinajstić information content (AvgIpc) is 2.55. The number of hydrogen-bond donors (Lipinski definition) is 0. The summed E-state index contributed by atoms with van der Waals surface area (Å²) in [5.41, 5.74) is 1.08. The van der Waals surface area contributed by atoms with Gasteiger partial charge in [-0.25, -0.2) is 0 Å². The molecular formula is C10H5BrClNS. The van der Waals surface area contributed by atoms with Crippen LogP contribution in [0.4, 0.5) is 0 Å². The first-order valence-corrected chi connectivity index (χ1v) is 6.08. The van der Waals surface area contributed by atoms with Crippen LogP contribution >= 0.6 is 38.9 Å². The second-order valence-electron chi connectivity index (χ2n) is 2.78. The highest BCUT2D eigenvalue weighted by Gasteiger charge is 2.11. The van der Waals surface area contributed by atoms with Gasteiger partial charge in [0.2, 0.25) is 0 Å². The number of halogens is 2. The van der Waals surface area contributed by atoms with Gasteiger partial charge in [0, 0.05) is 16.0 Å². The van der Waals surface area contributed by atoms with E-state index in [0.717, 1.165) is 20.1 Å². The summed E-state index contributed by atoms with van der Waals surface area (Å²) in [6.45, 7) is 0. The number of hydrogen-bond acceptors (Lipinski definition) is 2. The second kappa shape index (κ2) is 3.90. The summed E-state index contributed by atoms with van der Waals surface area (Å²) in [6.07, 6.45) is 0. The fourth-order valence-corrected chi connectivity index (χ4v) is 3.42. The summed E-state index contributed by atoms with van der Waals surface area (Å²) in [7, 11) is 0. The summed E-state index contributed by atoms with van der Waals surface area (Å²) in [4.78, 5) is 0.706. The van der Waals surface area contributed by atoms with Crippen LogP contribution in [0.5, 0.6) is 0 Å². The van der Waals surface area contributed by atoms with Gasteiger partial charge in [0.15, 0.2) is 0 Å². The third kappa shape index (κ3) is 1.44. The highest BCUT2D eigenvalue weighted by Crippen LogP contribution is 2.37. The molecule has 0 radical (unpaired) electrons. The number of fused-ring (bicyclic) bond motifs is 1. The van der Waals surface area contributed by atoms with E-state index in [0.29, 0.717) is 10.8 Å². The quantitative estimate of drug-likeness (QED) is 0.718. The maximum absolute atomic E-state index is 8.88. The smallest absolute Gasteiger partial charge is 0.120 e. The van der Waals surface area contributed by atoms with Crippen molar-refractivity contribution in [1.82, 2.24) is 0 Å². The Kier molecular flexibility index (Phi) is 2.78. The predicted molar refractivity (Wildman–Crippen MR) is 63.8 cm³/mol. The van der Waals surface area contributed by atoms with Gasteiger partial charge in [-0.3, -0.25) is 0 Å². The molecule has 0 bridgehead atoms. The minimum Gasteiger partial charge on any atom is -0.191 e. The van der Waals surface area contributed by atoms with E-state index >= 15 is 0 Å². The van der Waals surface area contributed by atoms with E-state index in [1.807, 2.05) is 18.2 Å². The van der Waals surface area contributed by atoms with E-state index in [9.17, 15) is 0 Å². The van der Waals surface area contributed by atoms with E-state index in [1.54, 1.807) is 0 Å². The van der Waals surface area contributed by atoms with Crippen LogP contribution in [0.1, 0.15) is 10.4 Å². The lowest BCUT2D eigenvalue weighted by Crippen LogP contribution is -1.75. The molecule has 0 aliphatic heterocycles. The zero-order valence-corrected chi connectivity index (χ0v) is 10.2. The highest BCUT2D eigenvalue weighted by molar-refractivity contribution is 9.10. The molecule has 4 heteroatoms. The molecule has 0 unspecified atom stereocenters. The summed E-state index contributed by atoms with van der Waals surface area (Å²) >= 11 is 10.7. The van der Waals surface area contributed by atoms with Crippen LogP contribution in [-0.4, -0.2) is 0 Å². The van der Waals surface area contributed by atoms with E-state index in [2.05, 4.69) is 22.0 Å². The Morgan fingerprint density at radius 3 is 2.93 bits per heavy atom. The molecule has 0 saturated heterocycles. The Balaban J connectivity index is 2.85. The van der Waals surface area contributed by atoms with Crippen LogP contribution in [0.2, 0.25) is 0 Å². The van der Waals surface area contributed by atoms with Crippen molar-refractivity contribution in [2.75, 3.05) is 0 Å². The normalized spacial score (nSPS) is 10.4. The van der Waals surface area contributed by atoms with Crippen molar-refractivity contribution in [1.29, 1.82) is 5.26 Å². The monoisotopic (exact) mass is 285 g/mol. The summed E-state index contributed by atoms with van der Waals surface area (Å²) < 4.78 is 1.98. The molecular weight excluding hydrogens is 282 g/mol. The maximum atomic E-state index is 8.88. The molecule has 2 aromatic rings. The lowest BCUT2D eigenvalue weighted by Gasteiger charge is -1.96. The van der Waals surface area contributed by atoms with Crippen molar-refractivity contribution in [3.05, 3.63) is 33.1 Å². The number of nitrogens with zero attached hydrogens (tertiary/aromatic N) is 1. The molecule has 1 heterocycles. The predicted octanol–water partition coefficient (Wildman–Crippen LogP) is 4.27. The molecule has 0 atom stereocenters. The SMILES string of the molecule is N#Cc1sc2c(CCl)cccc2c1Br. The molecule has 2 rings (SSSR count). The molecule has 1 nitrogen and oxygen atoms in total. The Hall–Kier alpha value is -0.560. The fraction of sp³-hybridized carbons (Fsp3) is 0.100. The van der Waals surface area contributed by atoms with Crippen LogP contribution < -0.4 is 0 Å². The molecule has 0 amide bonds. The standard InChI is InChI=1S/C10H5BrClNS/c11-9-7-3-1-2-6(4-12)10(7)14-8(9)5-13/h1-3H,4H2. The van der Waals surface area contributed by atoms with Gasteiger partial charge in [0.05, 0.1) is 4.47 Å². The molecule has 70 valence electrons. The van der Waals surface area contributed by atoms with Gasteiger partial charge in [0.1, 0.15) is 10.9 Å². The highest BCUT2D eigenvalue weighted by atomic mass is 79.9. The van der Waals surface area contributed by atoms with E-state index < -0.39 is 0 Å². The largest absolute Gasteiger partial charge is 0.191 e. The Morgan fingerprint density at radius 2 is 2.29 bits per heavy atom. The molecule has 0 aliphatic carbocycles. The van der Waals surface area contributed by atoms with Gasteiger partial charge in [0.25, 0.3) is 0 Å². The van der Waals surface area contributed by atoms with Gasteiger partial charge < -0.3 is 0 Å². The molecule has 0 N–H and O–H groups in total. The first-order chi connectivity index (χ1) is 6.77. The number of benzene rings is 1. The second-order valence-corrected chi connectivity index (χ2v) is 4.87. The maximum Gasteiger partial charge on any atom is 0.120 e. The number of thiophene rings is 1. The topological polar surface area (TPSA) is 23.8 Å². The van der Waals surface area contributed by atoms with Gasteiger partial charge in [-0.2, -0.15) is 5.26 Å². The first-order valence-electron chi connectivity index (χ1n) is 3.94. The van der Waals surface area contributed by atoms with Gasteiger partial charge >= 0.3 is 0 Å². The Bertz CT molecular complexity index is 527. The third-order valence-electron chi connectivity index (χ3n) is 1.98. The van der Waals surface area contributed by atoms with Crippen LogP contribution in [0.25, 0.3) is 10.1 Å². The van der Waals surface area contributed by atoms with Crippen LogP contribution in [0.15, 0.2) is 22.7 Å². The fourth-order valence-electron chi connectivity index (χ4n) is 1.32. The summed E-state index contributed by atoms with van der Waals surface area (Å²) in [6, 6.07) is 8.10. The Labute approximate surface area is 99.0 Å². The van der Waals surface area contributed by atoms with Crippen LogP contribution in [-0.2, 0) is 5.88 Å². The third-order valence-corrected chi connectivity index (χ3v) is 4.54.